The molecule has 2 aliphatic carbocycles. The van der Waals surface area contributed by atoms with Crippen LogP contribution in [-0.4, -0.2) is 73.1 Å². The van der Waals surface area contributed by atoms with E-state index in [0.717, 1.165) is 19.9 Å². The summed E-state index contributed by atoms with van der Waals surface area (Å²) >= 11 is 7.34. The summed E-state index contributed by atoms with van der Waals surface area (Å²) in [6.45, 7) is 51.4. The van der Waals surface area contributed by atoms with Crippen LogP contribution in [0, 0.1) is 27.7 Å². The minimum atomic E-state index is -0.476. The number of fused-ring (bicyclic) bond motifs is 6. The predicted octanol–water partition coefficient (Wildman–Crippen LogP) is 28.1. The van der Waals surface area contributed by atoms with E-state index < -0.39 is 14.0 Å². The van der Waals surface area contributed by atoms with Gasteiger partial charge in [0, 0.05) is 19.8 Å². The normalized spacial score (nSPS) is 19.3. The molecule has 14 heteroatoms. The molecule has 8 nitrogen and oxygen atoms in total. The number of rotatable bonds is 27. The maximum absolute atomic E-state index is 6.44. The molecular weight excluding hydrogens is 1560 g/mol. The van der Waals surface area contributed by atoms with Crippen LogP contribution < -0.4 is 10.9 Å². The van der Waals surface area contributed by atoms with Crippen molar-refractivity contribution in [1.29, 1.82) is 0 Å². The summed E-state index contributed by atoms with van der Waals surface area (Å²) in [6.07, 6.45) is 25.3. The van der Waals surface area contributed by atoms with Crippen molar-refractivity contribution in [2.45, 2.75) is 350 Å². The van der Waals surface area contributed by atoms with Crippen molar-refractivity contribution in [2.24, 2.45) is 0 Å². The fraction of sp³-hybridized carbons (Fsp3) is 0.529. The summed E-state index contributed by atoms with van der Waals surface area (Å²) in [7, 11) is -1.69. The Morgan fingerprint density at radius 2 is 0.457 bits per heavy atom. The number of aryl methyl sites for hydroxylation is 4. The van der Waals surface area contributed by atoms with Gasteiger partial charge in [-0.3, -0.25) is 0 Å². The van der Waals surface area contributed by atoms with Gasteiger partial charge in [0.25, 0.3) is 0 Å². The molecule has 4 fully saturated rings. The number of benzene rings is 8. The molecule has 14 rings (SSSR count). The zero-order chi connectivity index (χ0) is 83.9. The van der Waals surface area contributed by atoms with Crippen molar-refractivity contribution in [1.82, 2.24) is 0 Å². The van der Waals surface area contributed by atoms with Crippen LogP contribution in [0.2, 0.25) is 0 Å². The molecule has 0 aromatic heterocycles. The van der Waals surface area contributed by atoms with Gasteiger partial charge in [-0.1, -0.05) is 259 Å². The van der Waals surface area contributed by atoms with E-state index in [1.54, 1.807) is 11.1 Å². The van der Waals surface area contributed by atoms with Gasteiger partial charge in [0.05, 0.1) is 44.8 Å². The lowest BCUT2D eigenvalue weighted by Gasteiger charge is -2.33. The first kappa shape index (κ1) is 89.9. The molecule has 0 saturated carbocycles. The van der Waals surface area contributed by atoms with Gasteiger partial charge in [-0.05, 0) is 335 Å². The number of hydrogen-bond donors (Lipinski definition) is 0. The molecule has 0 bridgehead atoms. The summed E-state index contributed by atoms with van der Waals surface area (Å²) in [5, 5.41) is 0. The molecule has 4 saturated heterocycles. The molecule has 618 valence electrons. The highest BCUT2D eigenvalue weighted by atomic mass is 79.9. The molecule has 6 aliphatic rings. The first-order chi connectivity index (χ1) is 54.7. The second-order valence-electron chi connectivity index (χ2n) is 38.9. The molecule has 4 aliphatic heterocycles. The minimum Gasteiger partial charge on any atom is -0.405 e. The van der Waals surface area contributed by atoms with Crippen molar-refractivity contribution < 1.29 is 37.2 Å². The van der Waals surface area contributed by atoms with Gasteiger partial charge in [0.1, 0.15) is 0 Å². The van der Waals surface area contributed by atoms with Gasteiger partial charge in [-0.15, -0.1) is 0 Å². The molecule has 0 amide bonds. The standard InChI is InChI=1S/C51H68B2O4.C39H44Br2.C12H24B2O4/c1-13-15-17-19-29-51(30-20-18-16-14-2)45-33-37(41-27-23-39(31-35(41)3)52-54-47(5,6)48(7,8)55-52)21-25-43(45)44-26-22-38(34-46(44)51)42-28-24-40(32-36(42)4)53-56-49(9,10)50(11,12)57-53;1-5-7-9-11-21-39(22-12-10-8-6-2)37-25-29(33-19-15-31(40)23-27(33)3)13-17-35(37)36-18-14-30(26-38(36)39)34-20-16-32(41)24-28(34)4;1-9(2)10(3,4)16-13(15-9)14-17-11(5,6)12(7,8)18-14/h21-28,31-34H,13-20,29-30H2,1-12H3;13-20,23-26H,5-12,21-22H2,1-4H3;1-8H3. The van der Waals surface area contributed by atoms with Crippen molar-refractivity contribution in [3.63, 3.8) is 0 Å². The van der Waals surface area contributed by atoms with Gasteiger partial charge in [-0.2, -0.15) is 0 Å². The van der Waals surface area contributed by atoms with E-state index in [-0.39, 0.29) is 69.9 Å². The Bertz CT molecular complexity index is 4440. The van der Waals surface area contributed by atoms with Gasteiger partial charge < -0.3 is 37.2 Å². The second kappa shape index (κ2) is 35.6. The minimum absolute atomic E-state index is 0.0365. The molecule has 4 heterocycles. The summed E-state index contributed by atoms with van der Waals surface area (Å²) < 4.78 is 51.9. The van der Waals surface area contributed by atoms with Gasteiger partial charge >= 0.3 is 28.3 Å². The van der Waals surface area contributed by atoms with Crippen molar-refractivity contribution in [3.05, 3.63) is 199 Å². The third-order valence-corrected chi connectivity index (χ3v) is 29.5. The zero-order valence-corrected chi connectivity index (χ0v) is 78.5. The van der Waals surface area contributed by atoms with Gasteiger partial charge in [0.15, 0.2) is 0 Å². The average molecular weight is 1690 g/mol. The quantitative estimate of drug-likeness (QED) is 0.0372. The number of halogens is 2. The Kier molecular flexibility index (Phi) is 27.6. The van der Waals surface area contributed by atoms with Crippen LogP contribution in [0.4, 0.5) is 0 Å². The third-order valence-electron chi connectivity index (χ3n) is 28.5. The maximum atomic E-state index is 6.44. The van der Waals surface area contributed by atoms with E-state index >= 15 is 0 Å². The molecule has 0 radical (unpaired) electrons. The lowest BCUT2D eigenvalue weighted by atomic mass is 9.49. The van der Waals surface area contributed by atoms with E-state index in [4.69, 9.17) is 37.2 Å². The highest BCUT2D eigenvalue weighted by molar-refractivity contribution is 9.10. The van der Waals surface area contributed by atoms with Gasteiger partial charge in [0.2, 0.25) is 0 Å². The van der Waals surface area contributed by atoms with Crippen LogP contribution in [0.5, 0.6) is 0 Å². The fourth-order valence-corrected chi connectivity index (χ4v) is 19.5. The summed E-state index contributed by atoms with van der Waals surface area (Å²) in [5.41, 5.74) is 26.8. The highest BCUT2D eigenvalue weighted by Crippen LogP contribution is 2.59. The zero-order valence-electron chi connectivity index (χ0n) is 75.3. The summed E-state index contributed by atoms with van der Waals surface area (Å²) in [6, 6.07) is 56.3. The van der Waals surface area contributed by atoms with E-state index in [9.17, 15) is 0 Å². The first-order valence-corrected chi connectivity index (χ1v) is 46.0. The SMILES string of the molecule is CC1(C)OB(B2OC(C)(C)C(C)(C)O2)OC1(C)C.CCCCCCC1(CCCCCC)c2cc(-c3ccc(B4OC(C)(C)C(C)(C)O4)cc3C)ccc2-c2ccc(-c3ccc(B4OC(C)(C)C(C)(C)O4)cc3C)cc21.CCCCCCC1(CCCCCC)c2cc(-c3ccc(Br)cc3C)ccc2-c2ccc(-c3ccc(Br)cc3C)cc21. The lowest BCUT2D eigenvalue weighted by Crippen LogP contribution is -2.41. The number of hydrogen-bond acceptors (Lipinski definition) is 8. The van der Waals surface area contributed by atoms with Crippen LogP contribution in [0.15, 0.2) is 155 Å². The van der Waals surface area contributed by atoms with Crippen molar-refractivity contribution in [2.75, 3.05) is 0 Å². The topological polar surface area (TPSA) is 73.8 Å². The monoisotopic (exact) mass is 1690 g/mol. The Labute approximate surface area is 719 Å². The molecule has 0 unspecified atom stereocenters. The molecule has 8 aromatic rings. The smallest absolute Gasteiger partial charge is 0.405 e. The first-order valence-electron chi connectivity index (χ1n) is 44.5. The van der Waals surface area contributed by atoms with Crippen LogP contribution in [-0.2, 0) is 48.1 Å². The van der Waals surface area contributed by atoms with E-state index in [1.807, 2.05) is 55.4 Å². The van der Waals surface area contributed by atoms with Crippen LogP contribution in [0.25, 0.3) is 66.8 Å². The maximum Gasteiger partial charge on any atom is 0.494 e. The summed E-state index contributed by atoms with van der Waals surface area (Å²) in [4.78, 5) is 0. The van der Waals surface area contributed by atoms with Crippen LogP contribution in [0.1, 0.15) is 311 Å². The predicted molar refractivity (Wildman–Crippen MR) is 500 cm³/mol. The Balaban J connectivity index is 0.000000182. The molecule has 0 spiro atoms. The Morgan fingerprint density at radius 3 is 0.681 bits per heavy atom. The van der Waals surface area contributed by atoms with Gasteiger partial charge in [-0.25, -0.2) is 0 Å². The van der Waals surface area contributed by atoms with E-state index in [0.29, 0.717) is 0 Å². The Hall–Kier alpha value is -5.34. The van der Waals surface area contributed by atoms with E-state index in [2.05, 4.69) is 288 Å². The van der Waals surface area contributed by atoms with Crippen molar-refractivity contribution >= 4 is 71.0 Å². The molecule has 8 aromatic carbocycles. The average Bonchev–Trinajstić information content (AvgIpc) is 1.56. The lowest BCUT2D eigenvalue weighted by molar-refractivity contribution is 0.00578. The molecule has 116 heavy (non-hydrogen) atoms. The fourth-order valence-electron chi connectivity index (χ4n) is 18.6. The Morgan fingerprint density at radius 1 is 0.241 bits per heavy atom. The van der Waals surface area contributed by atoms with Crippen molar-refractivity contribution in [3.8, 4) is 66.8 Å². The largest absolute Gasteiger partial charge is 0.494 e. The summed E-state index contributed by atoms with van der Waals surface area (Å²) in [5.74, 6) is 0. The van der Waals surface area contributed by atoms with E-state index in [1.165, 1.54) is 229 Å². The van der Waals surface area contributed by atoms with Crippen LogP contribution >= 0.6 is 31.9 Å². The van der Waals surface area contributed by atoms with Crippen LogP contribution in [0.3, 0.4) is 0 Å². The molecule has 0 atom stereocenters. The molecular formula is C102H136B4Br2O8. The third kappa shape index (κ3) is 18.3. The number of unbranched alkanes of at least 4 members (excludes halogenated alkanes) is 12. The molecule has 0 N–H and O–H groups in total. The highest BCUT2D eigenvalue weighted by Gasteiger charge is 2.64. The second-order valence-corrected chi connectivity index (χ2v) is 40.8.